The Balaban J connectivity index is 1.90. The zero-order chi connectivity index (χ0) is 18.0. The number of nitrogens with one attached hydrogen (secondary N) is 2. The number of aromatic amines is 1. The van der Waals surface area contributed by atoms with Gasteiger partial charge in [-0.05, 0) is 61.5 Å². The second-order valence-electron chi connectivity index (χ2n) is 5.84. The topological polar surface area (TPSA) is 49.8 Å². The summed E-state index contributed by atoms with van der Waals surface area (Å²) >= 11 is 5.27. The number of imidazole rings is 1. The standard InChI is InChI=1S/C19H18FN3OS/c1-12-5-3-4-6-16(12)13(2)22-18(24)17-11-21-19(25)23(17)15-9-7-14(20)8-10-15/h3-11,13H,1-2H3,(H,21,25)(H,22,24). The van der Waals surface area contributed by atoms with Crippen molar-refractivity contribution in [2.45, 2.75) is 19.9 Å². The molecule has 1 heterocycles. The zero-order valence-electron chi connectivity index (χ0n) is 13.9. The molecule has 0 fully saturated rings. The third-order valence-corrected chi connectivity index (χ3v) is 4.40. The lowest BCUT2D eigenvalue weighted by Crippen LogP contribution is -2.28. The average Bonchev–Trinajstić information content (AvgIpc) is 2.97. The van der Waals surface area contributed by atoms with Crippen molar-refractivity contribution in [2.75, 3.05) is 0 Å². The fourth-order valence-corrected chi connectivity index (χ4v) is 3.07. The van der Waals surface area contributed by atoms with E-state index in [0.717, 1.165) is 11.1 Å². The molecule has 0 saturated carbocycles. The number of aryl methyl sites for hydroxylation is 1. The van der Waals surface area contributed by atoms with Gasteiger partial charge in [0.15, 0.2) is 4.77 Å². The number of halogens is 1. The number of carbonyl (C=O) groups is 1. The molecule has 25 heavy (non-hydrogen) atoms. The minimum atomic E-state index is -0.343. The summed E-state index contributed by atoms with van der Waals surface area (Å²) in [5.74, 6) is -0.600. The molecular formula is C19H18FN3OS. The summed E-state index contributed by atoms with van der Waals surface area (Å²) in [6.07, 6.45) is 1.56. The Labute approximate surface area is 150 Å². The highest BCUT2D eigenvalue weighted by molar-refractivity contribution is 7.71. The van der Waals surface area contributed by atoms with Crippen LogP contribution in [0.5, 0.6) is 0 Å². The quantitative estimate of drug-likeness (QED) is 0.678. The molecule has 0 radical (unpaired) electrons. The lowest BCUT2D eigenvalue weighted by molar-refractivity contribution is 0.0933. The van der Waals surface area contributed by atoms with Crippen molar-refractivity contribution in [3.8, 4) is 5.69 Å². The molecular weight excluding hydrogens is 337 g/mol. The SMILES string of the molecule is Cc1ccccc1C(C)NC(=O)c1c[nH]c(=S)n1-c1ccc(F)cc1. The molecule has 0 aliphatic heterocycles. The Morgan fingerprint density at radius 2 is 1.88 bits per heavy atom. The van der Waals surface area contributed by atoms with Crippen molar-refractivity contribution in [3.05, 3.63) is 82.1 Å². The summed E-state index contributed by atoms with van der Waals surface area (Å²) in [5.41, 5.74) is 3.16. The van der Waals surface area contributed by atoms with Crippen LogP contribution in [0.15, 0.2) is 54.7 Å². The first-order chi connectivity index (χ1) is 12.0. The van der Waals surface area contributed by atoms with E-state index in [1.54, 1.807) is 22.9 Å². The van der Waals surface area contributed by atoms with E-state index in [0.29, 0.717) is 16.2 Å². The molecule has 0 bridgehead atoms. The highest BCUT2D eigenvalue weighted by atomic mass is 32.1. The maximum absolute atomic E-state index is 13.2. The van der Waals surface area contributed by atoms with Crippen LogP contribution in [0, 0.1) is 17.5 Å². The minimum Gasteiger partial charge on any atom is -0.344 e. The predicted octanol–water partition coefficient (Wildman–Crippen LogP) is 4.47. The van der Waals surface area contributed by atoms with Gasteiger partial charge in [-0.2, -0.15) is 0 Å². The van der Waals surface area contributed by atoms with Crippen LogP contribution in [-0.2, 0) is 0 Å². The molecule has 1 amide bonds. The highest BCUT2D eigenvalue weighted by Crippen LogP contribution is 2.19. The molecule has 1 aromatic heterocycles. The number of aromatic nitrogens is 2. The Hall–Kier alpha value is -2.73. The van der Waals surface area contributed by atoms with Crippen molar-refractivity contribution < 1.29 is 9.18 Å². The van der Waals surface area contributed by atoms with Crippen LogP contribution in [-0.4, -0.2) is 15.5 Å². The van der Waals surface area contributed by atoms with Crippen molar-refractivity contribution in [1.29, 1.82) is 0 Å². The van der Waals surface area contributed by atoms with E-state index in [9.17, 15) is 9.18 Å². The molecule has 2 aromatic carbocycles. The van der Waals surface area contributed by atoms with Crippen LogP contribution < -0.4 is 5.32 Å². The first-order valence-corrected chi connectivity index (χ1v) is 8.31. The third kappa shape index (κ3) is 3.53. The number of hydrogen-bond acceptors (Lipinski definition) is 2. The summed E-state index contributed by atoms with van der Waals surface area (Å²) in [5, 5.41) is 2.99. The largest absolute Gasteiger partial charge is 0.344 e. The molecule has 128 valence electrons. The molecule has 1 atom stereocenters. The fourth-order valence-electron chi connectivity index (χ4n) is 2.80. The number of nitrogens with zero attached hydrogens (tertiary/aromatic N) is 1. The zero-order valence-corrected chi connectivity index (χ0v) is 14.7. The molecule has 3 rings (SSSR count). The Bertz CT molecular complexity index is 959. The molecule has 0 spiro atoms. The van der Waals surface area contributed by atoms with Gasteiger partial charge in [-0.15, -0.1) is 0 Å². The van der Waals surface area contributed by atoms with Crippen LogP contribution in [0.4, 0.5) is 4.39 Å². The number of hydrogen-bond donors (Lipinski definition) is 2. The maximum atomic E-state index is 13.2. The molecule has 0 aliphatic rings. The third-order valence-electron chi connectivity index (χ3n) is 4.10. The van der Waals surface area contributed by atoms with E-state index >= 15 is 0 Å². The first kappa shape index (κ1) is 17.1. The van der Waals surface area contributed by atoms with E-state index in [4.69, 9.17) is 12.2 Å². The Kier molecular flexibility index (Phi) is 4.81. The highest BCUT2D eigenvalue weighted by Gasteiger charge is 2.18. The number of benzene rings is 2. The summed E-state index contributed by atoms with van der Waals surface area (Å²) in [4.78, 5) is 15.6. The number of rotatable bonds is 4. The van der Waals surface area contributed by atoms with E-state index in [1.165, 1.54) is 12.1 Å². The van der Waals surface area contributed by atoms with E-state index < -0.39 is 0 Å². The van der Waals surface area contributed by atoms with Crippen molar-refractivity contribution in [2.24, 2.45) is 0 Å². The minimum absolute atomic E-state index is 0.154. The number of amides is 1. The van der Waals surface area contributed by atoms with E-state index in [2.05, 4.69) is 10.3 Å². The molecule has 4 nitrogen and oxygen atoms in total. The molecule has 3 aromatic rings. The van der Waals surface area contributed by atoms with Crippen molar-refractivity contribution in [3.63, 3.8) is 0 Å². The first-order valence-electron chi connectivity index (χ1n) is 7.90. The number of carbonyl (C=O) groups excluding carboxylic acids is 1. The second kappa shape index (κ2) is 7.03. The molecule has 1 unspecified atom stereocenters. The van der Waals surface area contributed by atoms with Gasteiger partial charge in [0.2, 0.25) is 0 Å². The normalized spacial score (nSPS) is 12.0. The van der Waals surface area contributed by atoms with Gasteiger partial charge >= 0.3 is 0 Å². The van der Waals surface area contributed by atoms with E-state index in [1.807, 2.05) is 38.1 Å². The summed E-state index contributed by atoms with van der Waals surface area (Å²) in [6, 6.07) is 13.6. The smallest absolute Gasteiger partial charge is 0.270 e. The van der Waals surface area contributed by atoms with Gasteiger partial charge in [-0.25, -0.2) is 4.39 Å². The predicted molar refractivity (Wildman–Crippen MR) is 98.0 cm³/mol. The molecule has 2 N–H and O–H groups in total. The Morgan fingerprint density at radius 1 is 1.20 bits per heavy atom. The van der Waals surface area contributed by atoms with E-state index in [-0.39, 0.29) is 17.8 Å². The summed E-state index contributed by atoms with van der Waals surface area (Å²) in [7, 11) is 0. The van der Waals surface area contributed by atoms with Gasteiger partial charge in [0, 0.05) is 11.9 Å². The average molecular weight is 355 g/mol. The van der Waals surface area contributed by atoms with Crippen molar-refractivity contribution >= 4 is 18.1 Å². The lowest BCUT2D eigenvalue weighted by atomic mass is 10.0. The lowest BCUT2D eigenvalue weighted by Gasteiger charge is -2.17. The molecule has 6 heteroatoms. The van der Waals surface area contributed by atoms with Gasteiger partial charge in [0.1, 0.15) is 11.5 Å². The van der Waals surface area contributed by atoms with Gasteiger partial charge in [0.05, 0.1) is 6.04 Å². The van der Waals surface area contributed by atoms with Gasteiger partial charge in [0.25, 0.3) is 5.91 Å². The summed E-state index contributed by atoms with van der Waals surface area (Å²) in [6.45, 7) is 3.94. The van der Waals surface area contributed by atoms with Crippen LogP contribution in [0.25, 0.3) is 5.69 Å². The monoisotopic (exact) mass is 355 g/mol. The summed E-state index contributed by atoms with van der Waals surface area (Å²) < 4.78 is 15.1. The van der Waals surface area contributed by atoms with Crippen LogP contribution in [0.1, 0.15) is 34.6 Å². The van der Waals surface area contributed by atoms with Crippen LogP contribution in [0.2, 0.25) is 0 Å². The van der Waals surface area contributed by atoms with Crippen LogP contribution in [0.3, 0.4) is 0 Å². The second-order valence-corrected chi connectivity index (χ2v) is 6.23. The van der Waals surface area contributed by atoms with Gasteiger partial charge in [-0.3, -0.25) is 9.36 Å². The Morgan fingerprint density at radius 3 is 2.56 bits per heavy atom. The number of H-pyrrole nitrogens is 1. The van der Waals surface area contributed by atoms with Crippen molar-refractivity contribution in [1.82, 2.24) is 14.9 Å². The maximum Gasteiger partial charge on any atom is 0.270 e. The van der Waals surface area contributed by atoms with Gasteiger partial charge in [-0.1, -0.05) is 24.3 Å². The van der Waals surface area contributed by atoms with Gasteiger partial charge < -0.3 is 10.3 Å². The molecule has 0 aliphatic carbocycles. The fraction of sp³-hybridized carbons (Fsp3) is 0.158. The van der Waals surface area contributed by atoms with Crippen LogP contribution >= 0.6 is 12.2 Å². The molecule has 0 saturated heterocycles.